The number of imidazole rings is 1. The van der Waals surface area contributed by atoms with Crippen LogP contribution in [0.3, 0.4) is 0 Å². The summed E-state index contributed by atoms with van der Waals surface area (Å²) in [6.45, 7) is 1.07. The lowest BCUT2D eigenvalue weighted by atomic mass is 10.2. The summed E-state index contributed by atoms with van der Waals surface area (Å²) in [4.78, 5) is 4.32. The van der Waals surface area contributed by atoms with Crippen LogP contribution >= 0.6 is 11.6 Å². The van der Waals surface area contributed by atoms with Gasteiger partial charge >= 0.3 is 0 Å². The molecule has 19 heavy (non-hydrogen) atoms. The van der Waals surface area contributed by atoms with Gasteiger partial charge in [-0.2, -0.15) is 0 Å². The molecule has 1 aliphatic heterocycles. The molecule has 2 aromatic rings. The zero-order chi connectivity index (χ0) is 13.6. The van der Waals surface area contributed by atoms with Crippen molar-refractivity contribution in [3.63, 3.8) is 0 Å². The van der Waals surface area contributed by atoms with Crippen molar-refractivity contribution in [2.45, 2.75) is 12.5 Å². The number of rotatable bonds is 2. The lowest BCUT2D eigenvalue weighted by molar-refractivity contribution is 0.459. The zero-order valence-electron chi connectivity index (χ0n) is 10.5. The molecule has 7 heteroatoms. The first-order chi connectivity index (χ1) is 8.95. The summed E-state index contributed by atoms with van der Waals surface area (Å²) in [7, 11) is -3.11. The maximum Gasteiger partial charge on any atom is 0.211 e. The molecule has 0 saturated carbocycles. The fraction of sp³-hybridized carbons (Fsp3) is 0.417. The molecule has 1 aliphatic rings. The SMILES string of the molecule is CS(=O)(=O)N1CC[C@@H](n2cnc3cc(Cl)ccc32)C1. The molecule has 1 aromatic carbocycles. The molecule has 1 saturated heterocycles. The van der Waals surface area contributed by atoms with Gasteiger partial charge in [-0.05, 0) is 24.6 Å². The van der Waals surface area contributed by atoms with Crippen LogP contribution in [0.15, 0.2) is 24.5 Å². The van der Waals surface area contributed by atoms with E-state index in [1.54, 1.807) is 6.33 Å². The van der Waals surface area contributed by atoms with E-state index in [1.165, 1.54) is 10.6 Å². The van der Waals surface area contributed by atoms with Gasteiger partial charge < -0.3 is 4.57 Å². The highest BCUT2D eigenvalue weighted by Crippen LogP contribution is 2.28. The molecule has 102 valence electrons. The molecule has 0 N–H and O–H groups in total. The van der Waals surface area contributed by atoms with E-state index in [9.17, 15) is 8.42 Å². The molecule has 0 unspecified atom stereocenters. The molecule has 2 heterocycles. The number of aromatic nitrogens is 2. The second kappa shape index (κ2) is 4.47. The summed E-state index contributed by atoms with van der Waals surface area (Å²) in [5, 5.41) is 0.655. The molecular weight excluding hydrogens is 286 g/mol. The first-order valence-corrected chi connectivity index (χ1v) is 8.25. The number of nitrogens with zero attached hydrogens (tertiary/aromatic N) is 3. The predicted octanol–water partition coefficient (Wildman–Crippen LogP) is 1.90. The van der Waals surface area contributed by atoms with Gasteiger partial charge in [0, 0.05) is 18.1 Å². The Balaban J connectivity index is 1.94. The summed E-state index contributed by atoms with van der Waals surface area (Å²) in [6, 6.07) is 5.70. The molecular formula is C12H14ClN3O2S. The molecule has 5 nitrogen and oxygen atoms in total. The summed E-state index contributed by atoms with van der Waals surface area (Å²) in [6.07, 6.45) is 3.82. The Morgan fingerprint density at radius 3 is 2.89 bits per heavy atom. The van der Waals surface area contributed by atoms with E-state index in [4.69, 9.17) is 11.6 Å². The zero-order valence-corrected chi connectivity index (χ0v) is 12.0. The van der Waals surface area contributed by atoms with Gasteiger partial charge in [0.25, 0.3) is 0 Å². The van der Waals surface area contributed by atoms with Crippen LogP contribution in [0.4, 0.5) is 0 Å². The van der Waals surface area contributed by atoms with E-state index in [-0.39, 0.29) is 6.04 Å². The topological polar surface area (TPSA) is 55.2 Å². The van der Waals surface area contributed by atoms with Crippen molar-refractivity contribution in [3.8, 4) is 0 Å². The van der Waals surface area contributed by atoms with Crippen molar-refractivity contribution in [1.29, 1.82) is 0 Å². The van der Waals surface area contributed by atoms with Gasteiger partial charge in [-0.1, -0.05) is 11.6 Å². The molecule has 0 radical (unpaired) electrons. The van der Waals surface area contributed by atoms with E-state index < -0.39 is 10.0 Å². The Bertz CT molecular complexity index is 726. The van der Waals surface area contributed by atoms with E-state index in [2.05, 4.69) is 4.98 Å². The van der Waals surface area contributed by atoms with Crippen LogP contribution in [0.5, 0.6) is 0 Å². The normalized spacial score (nSPS) is 21.3. The molecule has 1 aromatic heterocycles. The minimum absolute atomic E-state index is 0.140. The van der Waals surface area contributed by atoms with E-state index in [1.807, 2.05) is 22.8 Å². The molecule has 3 rings (SSSR count). The number of fused-ring (bicyclic) bond motifs is 1. The highest BCUT2D eigenvalue weighted by molar-refractivity contribution is 7.88. The van der Waals surface area contributed by atoms with E-state index >= 15 is 0 Å². The number of hydrogen-bond acceptors (Lipinski definition) is 3. The van der Waals surface area contributed by atoms with E-state index in [0.29, 0.717) is 18.1 Å². The van der Waals surface area contributed by atoms with Crippen LogP contribution in [0, 0.1) is 0 Å². The Morgan fingerprint density at radius 1 is 1.42 bits per heavy atom. The van der Waals surface area contributed by atoms with Crippen LogP contribution in [-0.4, -0.2) is 41.6 Å². The first-order valence-electron chi connectivity index (χ1n) is 6.02. The Labute approximate surface area is 116 Å². The highest BCUT2D eigenvalue weighted by atomic mass is 35.5. The minimum atomic E-state index is -3.11. The molecule has 0 amide bonds. The molecule has 1 atom stereocenters. The number of benzene rings is 1. The third kappa shape index (κ3) is 2.35. The van der Waals surface area contributed by atoms with Gasteiger partial charge in [0.05, 0.1) is 29.7 Å². The summed E-state index contributed by atoms with van der Waals surface area (Å²) in [5.74, 6) is 0. The largest absolute Gasteiger partial charge is 0.326 e. The number of halogens is 1. The average molecular weight is 300 g/mol. The van der Waals surface area contributed by atoms with Crippen LogP contribution in [0.25, 0.3) is 11.0 Å². The second-order valence-electron chi connectivity index (χ2n) is 4.85. The maximum atomic E-state index is 11.5. The Hall–Kier alpha value is -1.11. The third-order valence-electron chi connectivity index (χ3n) is 3.53. The summed E-state index contributed by atoms with van der Waals surface area (Å²) in [5.41, 5.74) is 1.83. The van der Waals surface area contributed by atoms with Gasteiger partial charge in [-0.15, -0.1) is 0 Å². The minimum Gasteiger partial charge on any atom is -0.326 e. The van der Waals surface area contributed by atoms with Crippen molar-refractivity contribution in [1.82, 2.24) is 13.9 Å². The maximum absolute atomic E-state index is 11.5. The summed E-state index contributed by atoms with van der Waals surface area (Å²) < 4.78 is 26.6. The van der Waals surface area contributed by atoms with Crippen LogP contribution in [0.1, 0.15) is 12.5 Å². The molecule has 0 bridgehead atoms. The van der Waals surface area contributed by atoms with Gasteiger partial charge in [0.15, 0.2) is 0 Å². The van der Waals surface area contributed by atoms with Gasteiger partial charge in [-0.25, -0.2) is 17.7 Å². The van der Waals surface area contributed by atoms with Gasteiger partial charge in [-0.3, -0.25) is 0 Å². The van der Waals surface area contributed by atoms with Crippen molar-refractivity contribution in [2.75, 3.05) is 19.3 Å². The number of hydrogen-bond donors (Lipinski definition) is 0. The fourth-order valence-corrected chi connectivity index (χ4v) is 3.58. The average Bonchev–Trinajstić information content (AvgIpc) is 2.91. The predicted molar refractivity (Wildman–Crippen MR) is 74.8 cm³/mol. The highest BCUT2D eigenvalue weighted by Gasteiger charge is 2.30. The Kier molecular flexibility index (Phi) is 3.03. The van der Waals surface area contributed by atoms with Crippen LogP contribution in [0.2, 0.25) is 5.02 Å². The Morgan fingerprint density at radius 2 is 2.21 bits per heavy atom. The standard InChI is InChI=1S/C12H14ClN3O2S/c1-19(17,18)15-5-4-10(7-15)16-8-14-11-6-9(13)2-3-12(11)16/h2-3,6,8,10H,4-5,7H2,1H3/t10-/m1/s1. The van der Waals surface area contributed by atoms with E-state index in [0.717, 1.165) is 17.5 Å². The third-order valence-corrected chi connectivity index (χ3v) is 5.03. The second-order valence-corrected chi connectivity index (χ2v) is 7.27. The van der Waals surface area contributed by atoms with Gasteiger partial charge in [0.1, 0.15) is 0 Å². The molecule has 0 spiro atoms. The van der Waals surface area contributed by atoms with Crippen LogP contribution < -0.4 is 0 Å². The van der Waals surface area contributed by atoms with Gasteiger partial charge in [0.2, 0.25) is 10.0 Å². The molecule has 1 fully saturated rings. The van der Waals surface area contributed by atoms with Crippen molar-refractivity contribution in [3.05, 3.63) is 29.5 Å². The van der Waals surface area contributed by atoms with Crippen molar-refractivity contribution < 1.29 is 8.42 Å². The van der Waals surface area contributed by atoms with Crippen molar-refractivity contribution >= 4 is 32.7 Å². The molecule has 0 aliphatic carbocycles. The first kappa shape index (κ1) is 12.9. The fourth-order valence-electron chi connectivity index (χ4n) is 2.53. The van der Waals surface area contributed by atoms with Crippen LogP contribution in [-0.2, 0) is 10.0 Å². The lowest BCUT2D eigenvalue weighted by Gasteiger charge is -2.15. The monoisotopic (exact) mass is 299 g/mol. The quantitative estimate of drug-likeness (QED) is 0.851. The smallest absolute Gasteiger partial charge is 0.211 e. The lowest BCUT2D eigenvalue weighted by Crippen LogP contribution is -2.27. The summed E-state index contributed by atoms with van der Waals surface area (Å²) >= 11 is 5.93. The number of sulfonamides is 1. The van der Waals surface area contributed by atoms with Crippen molar-refractivity contribution in [2.24, 2.45) is 0 Å².